The van der Waals surface area contributed by atoms with Crippen molar-refractivity contribution in [3.8, 4) is 0 Å². The summed E-state index contributed by atoms with van der Waals surface area (Å²) in [6, 6.07) is 12.4. The highest BCUT2D eigenvalue weighted by Crippen LogP contribution is 2.25. The van der Waals surface area contributed by atoms with E-state index in [4.69, 9.17) is 0 Å². The van der Waals surface area contributed by atoms with Gasteiger partial charge in [-0.25, -0.2) is 17.8 Å². The van der Waals surface area contributed by atoms with Crippen molar-refractivity contribution in [3.63, 3.8) is 0 Å². The summed E-state index contributed by atoms with van der Waals surface area (Å²) in [5, 5.41) is 1.95. The molecule has 0 saturated carbocycles. The third-order valence-corrected chi connectivity index (χ3v) is 7.29. The zero-order valence-electron chi connectivity index (χ0n) is 16.0. The second-order valence-electron chi connectivity index (χ2n) is 7.06. The van der Waals surface area contributed by atoms with E-state index in [1.54, 1.807) is 28.5 Å². The largest absolute Gasteiger partial charge is 0.335 e. The molecule has 4 rings (SSSR count). The van der Waals surface area contributed by atoms with E-state index in [1.165, 1.54) is 47.9 Å². The fraction of sp³-hybridized carbons (Fsp3) is 0.238. The molecule has 2 heterocycles. The van der Waals surface area contributed by atoms with Crippen molar-refractivity contribution >= 4 is 32.4 Å². The number of rotatable bonds is 6. The summed E-state index contributed by atoms with van der Waals surface area (Å²) in [5.41, 5.74) is 1.00. The van der Waals surface area contributed by atoms with Crippen molar-refractivity contribution < 1.29 is 17.6 Å². The van der Waals surface area contributed by atoms with Crippen LogP contribution in [0.25, 0.3) is 0 Å². The topological polar surface area (TPSA) is 79.4 Å². The molecule has 1 aliphatic rings. The third-order valence-electron chi connectivity index (χ3n) is 5.12. The number of aromatic nitrogens is 1. The van der Waals surface area contributed by atoms with E-state index < -0.39 is 10.0 Å². The van der Waals surface area contributed by atoms with E-state index in [-0.39, 0.29) is 27.8 Å². The Labute approximate surface area is 178 Å². The van der Waals surface area contributed by atoms with Crippen LogP contribution < -0.4 is 4.72 Å². The quantitative estimate of drug-likeness (QED) is 0.624. The van der Waals surface area contributed by atoms with Crippen molar-refractivity contribution in [3.05, 3.63) is 77.1 Å². The lowest BCUT2D eigenvalue weighted by atomic mass is 10.0. The molecule has 0 aliphatic carbocycles. The Morgan fingerprint density at radius 1 is 1.20 bits per heavy atom. The highest BCUT2D eigenvalue weighted by molar-refractivity contribution is 7.93. The maximum Gasteiger partial charge on any atom is 0.263 e. The number of hydrogen-bond acceptors (Lipinski definition) is 5. The van der Waals surface area contributed by atoms with Crippen molar-refractivity contribution in [2.75, 3.05) is 11.3 Å². The van der Waals surface area contributed by atoms with Crippen molar-refractivity contribution in [2.24, 2.45) is 0 Å². The SMILES string of the molecule is O=C(c1ccc(S(=O)(=O)Nc2nccs2)cc1)N1CCCC1Cc1ccccc1F. The molecule has 156 valence electrons. The van der Waals surface area contributed by atoms with Gasteiger partial charge in [-0.2, -0.15) is 0 Å². The molecule has 30 heavy (non-hydrogen) atoms. The van der Waals surface area contributed by atoms with Gasteiger partial charge in [-0.1, -0.05) is 18.2 Å². The summed E-state index contributed by atoms with van der Waals surface area (Å²) >= 11 is 1.18. The Bertz CT molecular complexity index is 1130. The minimum atomic E-state index is -3.77. The average molecular weight is 446 g/mol. The molecule has 6 nitrogen and oxygen atoms in total. The van der Waals surface area contributed by atoms with Crippen LogP contribution in [0.3, 0.4) is 0 Å². The van der Waals surface area contributed by atoms with E-state index in [0.29, 0.717) is 24.1 Å². The molecule has 1 fully saturated rings. The van der Waals surface area contributed by atoms with Crippen LogP contribution in [0.5, 0.6) is 0 Å². The van der Waals surface area contributed by atoms with Crippen LogP contribution in [-0.4, -0.2) is 36.8 Å². The zero-order chi connectivity index (χ0) is 21.1. The average Bonchev–Trinajstić information content (AvgIpc) is 3.41. The highest BCUT2D eigenvalue weighted by atomic mass is 32.2. The summed E-state index contributed by atoms with van der Waals surface area (Å²) in [7, 11) is -3.77. The Morgan fingerprint density at radius 2 is 1.97 bits per heavy atom. The fourth-order valence-electron chi connectivity index (χ4n) is 3.62. The minimum Gasteiger partial charge on any atom is -0.335 e. The Balaban J connectivity index is 1.48. The number of nitrogens with zero attached hydrogens (tertiary/aromatic N) is 2. The predicted octanol–water partition coefficient (Wildman–Crippen LogP) is 3.93. The normalized spacial score (nSPS) is 16.6. The second kappa shape index (κ2) is 8.53. The van der Waals surface area contributed by atoms with Gasteiger partial charge in [0, 0.05) is 29.7 Å². The van der Waals surface area contributed by atoms with Crippen LogP contribution in [0.2, 0.25) is 0 Å². The van der Waals surface area contributed by atoms with Crippen molar-refractivity contribution in [1.82, 2.24) is 9.88 Å². The number of anilines is 1. The first-order valence-corrected chi connectivity index (χ1v) is 11.9. The van der Waals surface area contributed by atoms with Gasteiger partial charge in [-0.05, 0) is 55.2 Å². The lowest BCUT2D eigenvalue weighted by Gasteiger charge is -2.25. The third kappa shape index (κ3) is 4.36. The van der Waals surface area contributed by atoms with Gasteiger partial charge in [0.25, 0.3) is 15.9 Å². The van der Waals surface area contributed by atoms with Crippen LogP contribution in [-0.2, 0) is 16.4 Å². The molecule has 1 atom stereocenters. The molecule has 2 aromatic carbocycles. The standard InChI is InChI=1S/C21H20FN3O3S2/c22-19-6-2-1-4-16(19)14-17-5-3-12-25(17)20(26)15-7-9-18(10-8-15)30(27,28)24-21-23-11-13-29-21/h1-2,4,6-11,13,17H,3,5,12,14H2,(H,23,24). The number of nitrogens with one attached hydrogen (secondary N) is 1. The van der Waals surface area contributed by atoms with E-state index in [9.17, 15) is 17.6 Å². The van der Waals surface area contributed by atoms with Crippen molar-refractivity contribution in [2.45, 2.75) is 30.2 Å². The number of amides is 1. The monoisotopic (exact) mass is 445 g/mol. The maximum atomic E-state index is 14.0. The Kier molecular flexibility index (Phi) is 5.83. The van der Waals surface area contributed by atoms with Crippen LogP contribution >= 0.6 is 11.3 Å². The maximum absolute atomic E-state index is 14.0. The number of carbonyl (C=O) groups is 1. The van der Waals surface area contributed by atoms with Gasteiger partial charge < -0.3 is 4.90 Å². The van der Waals surface area contributed by atoms with Crippen LogP contribution in [0.1, 0.15) is 28.8 Å². The van der Waals surface area contributed by atoms with Crippen molar-refractivity contribution in [1.29, 1.82) is 0 Å². The van der Waals surface area contributed by atoms with E-state index in [0.717, 1.165) is 12.8 Å². The predicted molar refractivity (Wildman–Crippen MR) is 114 cm³/mol. The zero-order valence-corrected chi connectivity index (χ0v) is 17.6. The van der Waals surface area contributed by atoms with Gasteiger partial charge >= 0.3 is 0 Å². The number of carbonyl (C=O) groups excluding carboxylic acids is 1. The minimum absolute atomic E-state index is 0.0542. The number of likely N-dealkylation sites (tertiary alicyclic amines) is 1. The van der Waals surface area contributed by atoms with E-state index in [1.807, 2.05) is 0 Å². The lowest BCUT2D eigenvalue weighted by Crippen LogP contribution is -2.37. The Hall–Kier alpha value is -2.78. The summed E-state index contributed by atoms with van der Waals surface area (Å²) in [5.74, 6) is -0.440. The molecule has 1 unspecified atom stereocenters. The van der Waals surface area contributed by atoms with E-state index >= 15 is 0 Å². The van der Waals surface area contributed by atoms with Gasteiger partial charge in [0.1, 0.15) is 5.82 Å². The summed E-state index contributed by atoms with van der Waals surface area (Å²) in [4.78, 5) is 18.7. The molecule has 3 aromatic rings. The molecule has 1 aromatic heterocycles. The molecule has 0 bridgehead atoms. The fourth-order valence-corrected chi connectivity index (χ4v) is 5.41. The molecule has 1 aliphatic heterocycles. The van der Waals surface area contributed by atoms with Crippen LogP contribution in [0.15, 0.2) is 65.0 Å². The van der Waals surface area contributed by atoms with Gasteiger partial charge in [-0.15, -0.1) is 11.3 Å². The molecular weight excluding hydrogens is 425 g/mol. The first-order chi connectivity index (χ1) is 14.4. The van der Waals surface area contributed by atoms with Gasteiger partial charge in [-0.3, -0.25) is 9.52 Å². The van der Waals surface area contributed by atoms with E-state index in [2.05, 4.69) is 9.71 Å². The van der Waals surface area contributed by atoms with Gasteiger partial charge in [0.15, 0.2) is 5.13 Å². The van der Waals surface area contributed by atoms with Gasteiger partial charge in [0.2, 0.25) is 0 Å². The molecule has 0 spiro atoms. The lowest BCUT2D eigenvalue weighted by molar-refractivity contribution is 0.0735. The molecule has 1 saturated heterocycles. The summed E-state index contributed by atoms with van der Waals surface area (Å²) in [6.07, 6.45) is 3.64. The first kappa shape index (κ1) is 20.5. The summed E-state index contributed by atoms with van der Waals surface area (Å²) in [6.45, 7) is 0.601. The van der Waals surface area contributed by atoms with Crippen LogP contribution in [0.4, 0.5) is 9.52 Å². The van der Waals surface area contributed by atoms with Crippen LogP contribution in [0, 0.1) is 5.82 Å². The smallest absolute Gasteiger partial charge is 0.263 e. The number of halogens is 1. The highest BCUT2D eigenvalue weighted by Gasteiger charge is 2.30. The Morgan fingerprint density at radius 3 is 2.67 bits per heavy atom. The molecule has 9 heteroatoms. The number of thiazole rings is 1. The molecule has 1 amide bonds. The number of hydrogen-bond donors (Lipinski definition) is 1. The van der Waals surface area contributed by atoms with Gasteiger partial charge in [0.05, 0.1) is 4.90 Å². The molecule has 1 N–H and O–H groups in total. The number of benzene rings is 2. The summed E-state index contributed by atoms with van der Waals surface area (Å²) < 4.78 is 41.3. The first-order valence-electron chi connectivity index (χ1n) is 9.51. The molecular formula is C21H20FN3O3S2. The second-order valence-corrected chi connectivity index (χ2v) is 9.63. The molecule has 0 radical (unpaired) electrons. The number of sulfonamides is 1.